The van der Waals surface area contributed by atoms with Gasteiger partial charge in [0.1, 0.15) is 30.5 Å². The van der Waals surface area contributed by atoms with Crippen molar-refractivity contribution in [2.75, 3.05) is 19.8 Å². The fourth-order valence-electron chi connectivity index (χ4n) is 3.06. The van der Waals surface area contributed by atoms with E-state index in [2.05, 4.69) is 20.8 Å². The molecule has 178 valence electrons. The summed E-state index contributed by atoms with van der Waals surface area (Å²) in [4.78, 5) is 24.3. The quantitative estimate of drug-likeness (QED) is 0.210. The van der Waals surface area contributed by atoms with Crippen LogP contribution in [0.5, 0.6) is 17.2 Å². The molecule has 6 nitrogen and oxygen atoms in total. The molecule has 34 heavy (non-hydrogen) atoms. The van der Waals surface area contributed by atoms with Crippen LogP contribution in [0.15, 0.2) is 78.9 Å². The predicted molar refractivity (Wildman–Crippen MR) is 130 cm³/mol. The summed E-state index contributed by atoms with van der Waals surface area (Å²) in [5.74, 6) is 0.615. The van der Waals surface area contributed by atoms with Gasteiger partial charge in [0.05, 0.1) is 5.56 Å². The maximum atomic E-state index is 12.1. The van der Waals surface area contributed by atoms with Gasteiger partial charge >= 0.3 is 11.9 Å². The number of para-hydroxylation sites is 1. The van der Waals surface area contributed by atoms with Gasteiger partial charge in [-0.15, -0.1) is 0 Å². The molecular weight excluding hydrogens is 432 g/mol. The summed E-state index contributed by atoms with van der Waals surface area (Å²) in [6.07, 6.45) is 1.03. The van der Waals surface area contributed by atoms with Crippen LogP contribution in [0.25, 0.3) is 0 Å². The number of hydrogen-bond donors (Lipinski definition) is 0. The van der Waals surface area contributed by atoms with Crippen molar-refractivity contribution in [2.45, 2.75) is 32.6 Å². The number of ether oxygens (including phenoxy) is 4. The summed E-state index contributed by atoms with van der Waals surface area (Å²) in [6, 6.07) is 23.2. The lowest BCUT2D eigenvalue weighted by Crippen LogP contribution is -2.18. The molecule has 0 aromatic heterocycles. The SMILES string of the molecule is CCC(C)(C)c1ccc(OCC(=O)Oc2ccc(C(=O)OCCOc3ccccc3)cc2)cc1. The highest BCUT2D eigenvalue weighted by atomic mass is 16.6. The number of carbonyl (C=O) groups is 2. The third kappa shape index (κ3) is 7.37. The molecule has 3 rings (SSSR count). The maximum Gasteiger partial charge on any atom is 0.349 e. The summed E-state index contributed by atoms with van der Waals surface area (Å²) >= 11 is 0. The maximum absolute atomic E-state index is 12.1. The Morgan fingerprint density at radius 2 is 1.35 bits per heavy atom. The Hall–Kier alpha value is -3.80. The summed E-state index contributed by atoms with van der Waals surface area (Å²) in [7, 11) is 0. The highest BCUT2D eigenvalue weighted by molar-refractivity contribution is 5.89. The van der Waals surface area contributed by atoms with Crippen molar-refractivity contribution in [3.8, 4) is 17.2 Å². The van der Waals surface area contributed by atoms with Crippen molar-refractivity contribution in [1.82, 2.24) is 0 Å². The predicted octanol–water partition coefficient (Wildman–Crippen LogP) is 5.59. The van der Waals surface area contributed by atoms with Crippen LogP contribution >= 0.6 is 0 Å². The second-order valence-corrected chi connectivity index (χ2v) is 8.35. The third-order valence-electron chi connectivity index (χ3n) is 5.53. The van der Waals surface area contributed by atoms with Crippen LogP contribution in [0.1, 0.15) is 43.1 Å². The number of hydrogen-bond acceptors (Lipinski definition) is 6. The zero-order valence-corrected chi connectivity index (χ0v) is 19.8. The van der Waals surface area contributed by atoms with E-state index in [4.69, 9.17) is 18.9 Å². The second-order valence-electron chi connectivity index (χ2n) is 8.35. The van der Waals surface area contributed by atoms with E-state index >= 15 is 0 Å². The minimum atomic E-state index is -0.536. The van der Waals surface area contributed by atoms with Gasteiger partial charge in [0.25, 0.3) is 0 Å². The van der Waals surface area contributed by atoms with E-state index in [1.54, 1.807) is 0 Å². The Labute approximate surface area is 200 Å². The van der Waals surface area contributed by atoms with Crippen LogP contribution in [0.3, 0.4) is 0 Å². The van der Waals surface area contributed by atoms with Crippen molar-refractivity contribution in [1.29, 1.82) is 0 Å². The standard InChI is InChI=1S/C28H30O6/c1-4-28(2,3)22-12-16-24(17-13-22)33-20-26(29)34-25-14-10-21(11-15-25)27(30)32-19-18-31-23-8-6-5-7-9-23/h5-17H,4,18-20H2,1-3H3. The van der Waals surface area contributed by atoms with E-state index in [0.29, 0.717) is 22.8 Å². The average Bonchev–Trinajstić information content (AvgIpc) is 2.86. The molecule has 0 aliphatic rings. The molecule has 0 bridgehead atoms. The minimum Gasteiger partial charge on any atom is -0.490 e. The first kappa shape index (κ1) is 24.8. The van der Waals surface area contributed by atoms with Gasteiger partial charge in [-0.25, -0.2) is 9.59 Å². The summed E-state index contributed by atoms with van der Waals surface area (Å²) < 4.78 is 21.5. The molecule has 0 saturated heterocycles. The van der Waals surface area contributed by atoms with E-state index < -0.39 is 11.9 Å². The van der Waals surface area contributed by atoms with Crippen LogP contribution in [-0.4, -0.2) is 31.8 Å². The lowest BCUT2D eigenvalue weighted by atomic mass is 9.82. The van der Waals surface area contributed by atoms with Gasteiger partial charge in [-0.05, 0) is 65.9 Å². The molecule has 0 unspecified atom stereocenters. The number of carbonyl (C=O) groups excluding carboxylic acids is 2. The molecule has 0 aliphatic carbocycles. The summed E-state index contributed by atoms with van der Waals surface area (Å²) in [5.41, 5.74) is 1.66. The lowest BCUT2D eigenvalue weighted by Gasteiger charge is -2.23. The van der Waals surface area contributed by atoms with Crippen molar-refractivity contribution < 1.29 is 28.5 Å². The van der Waals surface area contributed by atoms with Gasteiger partial charge in [0, 0.05) is 0 Å². The molecule has 0 radical (unpaired) electrons. The van der Waals surface area contributed by atoms with Crippen molar-refractivity contribution in [3.05, 3.63) is 90.0 Å². The third-order valence-corrected chi connectivity index (χ3v) is 5.53. The second kappa shape index (κ2) is 11.9. The van der Waals surface area contributed by atoms with Crippen LogP contribution in [0.2, 0.25) is 0 Å². The lowest BCUT2D eigenvalue weighted by molar-refractivity contribution is -0.136. The fourth-order valence-corrected chi connectivity index (χ4v) is 3.06. The Morgan fingerprint density at radius 3 is 2.00 bits per heavy atom. The average molecular weight is 463 g/mol. The Morgan fingerprint density at radius 1 is 0.735 bits per heavy atom. The number of benzene rings is 3. The van der Waals surface area contributed by atoms with E-state index in [-0.39, 0.29) is 25.2 Å². The molecule has 3 aromatic rings. The number of esters is 2. The topological polar surface area (TPSA) is 71.1 Å². The van der Waals surface area contributed by atoms with Gasteiger partial charge in [0.2, 0.25) is 0 Å². The molecule has 6 heteroatoms. The number of rotatable bonds is 11. The Balaban J connectivity index is 1.40. The largest absolute Gasteiger partial charge is 0.490 e. The van der Waals surface area contributed by atoms with Crippen LogP contribution < -0.4 is 14.2 Å². The molecule has 0 atom stereocenters. The minimum absolute atomic E-state index is 0.0893. The molecule has 0 heterocycles. The van der Waals surface area contributed by atoms with E-state index in [0.717, 1.165) is 6.42 Å². The normalized spacial score (nSPS) is 10.9. The summed E-state index contributed by atoms with van der Waals surface area (Å²) in [5, 5.41) is 0. The zero-order chi connectivity index (χ0) is 24.4. The van der Waals surface area contributed by atoms with Gasteiger partial charge < -0.3 is 18.9 Å². The molecule has 0 saturated carbocycles. The van der Waals surface area contributed by atoms with Crippen molar-refractivity contribution in [3.63, 3.8) is 0 Å². The summed E-state index contributed by atoms with van der Waals surface area (Å²) in [6.45, 7) is 6.68. The molecule has 0 spiro atoms. The zero-order valence-electron chi connectivity index (χ0n) is 19.8. The van der Waals surface area contributed by atoms with Gasteiger partial charge in [-0.1, -0.05) is 51.1 Å². The van der Waals surface area contributed by atoms with Gasteiger partial charge in [-0.3, -0.25) is 0 Å². The van der Waals surface area contributed by atoms with E-state index in [1.807, 2.05) is 54.6 Å². The van der Waals surface area contributed by atoms with Crippen molar-refractivity contribution in [2.24, 2.45) is 0 Å². The molecule has 0 amide bonds. The van der Waals surface area contributed by atoms with Crippen LogP contribution in [0, 0.1) is 0 Å². The molecule has 3 aromatic carbocycles. The van der Waals surface area contributed by atoms with Gasteiger partial charge in [0.15, 0.2) is 6.61 Å². The molecule has 0 N–H and O–H groups in total. The Bertz CT molecular complexity index is 1060. The fraction of sp³-hybridized carbons (Fsp3) is 0.286. The first-order valence-corrected chi connectivity index (χ1v) is 11.3. The monoisotopic (exact) mass is 462 g/mol. The Kier molecular flexibility index (Phi) is 8.68. The van der Waals surface area contributed by atoms with E-state index in [1.165, 1.54) is 29.8 Å². The van der Waals surface area contributed by atoms with Crippen LogP contribution in [0.4, 0.5) is 0 Å². The van der Waals surface area contributed by atoms with Crippen LogP contribution in [-0.2, 0) is 14.9 Å². The van der Waals surface area contributed by atoms with Crippen molar-refractivity contribution >= 4 is 11.9 Å². The van der Waals surface area contributed by atoms with Gasteiger partial charge in [-0.2, -0.15) is 0 Å². The highest BCUT2D eigenvalue weighted by Gasteiger charge is 2.17. The molecule has 0 aliphatic heterocycles. The first-order chi connectivity index (χ1) is 16.4. The first-order valence-electron chi connectivity index (χ1n) is 11.3. The molecule has 0 fully saturated rings. The van der Waals surface area contributed by atoms with E-state index in [9.17, 15) is 9.59 Å². The molecular formula is C28H30O6. The smallest absolute Gasteiger partial charge is 0.349 e. The highest BCUT2D eigenvalue weighted by Crippen LogP contribution is 2.28.